The summed E-state index contributed by atoms with van der Waals surface area (Å²) in [6.45, 7) is 1.83. The van der Waals surface area contributed by atoms with Gasteiger partial charge in [0.25, 0.3) is 5.91 Å². The second-order valence-electron chi connectivity index (χ2n) is 6.10. The number of halogens is 3. The Hall–Kier alpha value is -3.10. The van der Waals surface area contributed by atoms with Gasteiger partial charge in [-0.15, -0.1) is 0 Å². The average molecular weight is 378 g/mol. The van der Waals surface area contributed by atoms with Crippen LogP contribution in [0, 0.1) is 0 Å². The van der Waals surface area contributed by atoms with E-state index in [1.807, 2.05) is 0 Å². The van der Waals surface area contributed by atoms with Gasteiger partial charge in [-0.25, -0.2) is 0 Å². The van der Waals surface area contributed by atoms with Crippen LogP contribution in [0.4, 0.5) is 24.5 Å². The van der Waals surface area contributed by atoms with Crippen LogP contribution < -0.4 is 5.32 Å². The maximum atomic E-state index is 12.6. The van der Waals surface area contributed by atoms with Crippen molar-refractivity contribution in [1.82, 2.24) is 14.8 Å². The van der Waals surface area contributed by atoms with Crippen molar-refractivity contribution in [2.45, 2.75) is 6.18 Å². The van der Waals surface area contributed by atoms with Gasteiger partial charge in [-0.05, 0) is 30.3 Å². The van der Waals surface area contributed by atoms with Gasteiger partial charge < -0.3 is 15.1 Å². The molecule has 9 heteroatoms. The Morgan fingerprint density at radius 3 is 2.30 bits per heavy atom. The van der Waals surface area contributed by atoms with Crippen molar-refractivity contribution in [2.75, 3.05) is 31.5 Å². The van der Waals surface area contributed by atoms with E-state index >= 15 is 0 Å². The van der Waals surface area contributed by atoms with Crippen LogP contribution in [-0.2, 0) is 11.0 Å². The first-order valence-corrected chi connectivity index (χ1v) is 8.25. The standard InChI is InChI=1S/C18H17F3N4O2/c19-18(20,21)14-1-3-15(4-2-14)23-16-9-13(10-22-11-16)17(27)25-7-5-24(12-26)6-8-25/h1-4,9-12,23H,5-8H2. The molecule has 0 unspecified atom stereocenters. The van der Waals surface area contributed by atoms with Crippen molar-refractivity contribution in [3.63, 3.8) is 0 Å². The molecule has 1 fully saturated rings. The number of alkyl halides is 3. The Balaban J connectivity index is 1.68. The highest BCUT2D eigenvalue weighted by molar-refractivity contribution is 5.95. The molecule has 0 radical (unpaired) electrons. The van der Waals surface area contributed by atoms with Crippen molar-refractivity contribution >= 4 is 23.7 Å². The number of hydrogen-bond acceptors (Lipinski definition) is 4. The molecule has 1 N–H and O–H groups in total. The number of nitrogens with one attached hydrogen (secondary N) is 1. The lowest BCUT2D eigenvalue weighted by Crippen LogP contribution is -2.48. The van der Waals surface area contributed by atoms with Gasteiger partial charge in [0.05, 0.1) is 23.0 Å². The lowest BCUT2D eigenvalue weighted by atomic mass is 10.2. The highest BCUT2D eigenvalue weighted by Gasteiger charge is 2.30. The number of hydrogen-bond donors (Lipinski definition) is 1. The zero-order valence-electron chi connectivity index (χ0n) is 14.2. The summed E-state index contributed by atoms with van der Waals surface area (Å²) in [6, 6.07) is 6.19. The number of nitrogens with zero attached hydrogens (tertiary/aromatic N) is 3. The van der Waals surface area contributed by atoms with Gasteiger partial charge in [-0.1, -0.05) is 0 Å². The van der Waals surface area contributed by atoms with E-state index in [0.717, 1.165) is 18.5 Å². The molecule has 1 aliphatic rings. The molecule has 1 aliphatic heterocycles. The van der Waals surface area contributed by atoms with Crippen molar-refractivity contribution < 1.29 is 22.8 Å². The van der Waals surface area contributed by atoms with Gasteiger partial charge in [0, 0.05) is 38.1 Å². The largest absolute Gasteiger partial charge is 0.416 e. The highest BCUT2D eigenvalue weighted by atomic mass is 19.4. The fraction of sp³-hybridized carbons (Fsp3) is 0.278. The molecule has 2 aromatic rings. The molecule has 0 bridgehead atoms. The second-order valence-corrected chi connectivity index (χ2v) is 6.10. The van der Waals surface area contributed by atoms with E-state index in [1.54, 1.807) is 15.9 Å². The first-order chi connectivity index (χ1) is 12.9. The van der Waals surface area contributed by atoms with E-state index in [1.165, 1.54) is 24.5 Å². The number of carbonyl (C=O) groups is 2. The minimum absolute atomic E-state index is 0.205. The molecule has 27 heavy (non-hydrogen) atoms. The summed E-state index contributed by atoms with van der Waals surface area (Å²) in [4.78, 5) is 30.6. The Labute approximate surface area is 153 Å². The van der Waals surface area contributed by atoms with E-state index in [-0.39, 0.29) is 5.91 Å². The summed E-state index contributed by atoms with van der Waals surface area (Å²) in [6.07, 6.45) is -0.705. The monoisotopic (exact) mass is 378 g/mol. The lowest BCUT2D eigenvalue weighted by molar-refractivity contribution is -0.137. The van der Waals surface area contributed by atoms with E-state index in [0.29, 0.717) is 43.1 Å². The minimum Gasteiger partial charge on any atom is -0.354 e. The fourth-order valence-corrected chi connectivity index (χ4v) is 2.75. The van der Waals surface area contributed by atoms with E-state index < -0.39 is 11.7 Å². The topological polar surface area (TPSA) is 65.5 Å². The number of benzene rings is 1. The molecule has 1 aromatic carbocycles. The number of rotatable bonds is 4. The third kappa shape index (κ3) is 4.55. The van der Waals surface area contributed by atoms with Crippen LogP contribution in [0.25, 0.3) is 0 Å². The molecular formula is C18H17F3N4O2. The van der Waals surface area contributed by atoms with Gasteiger partial charge in [0.1, 0.15) is 0 Å². The summed E-state index contributed by atoms with van der Waals surface area (Å²) in [5.41, 5.74) is 0.581. The van der Waals surface area contributed by atoms with E-state index in [4.69, 9.17) is 0 Å². The molecule has 6 nitrogen and oxygen atoms in total. The van der Waals surface area contributed by atoms with Crippen molar-refractivity contribution in [3.8, 4) is 0 Å². The van der Waals surface area contributed by atoms with Crippen LogP contribution in [-0.4, -0.2) is 53.3 Å². The Bertz CT molecular complexity index is 816. The van der Waals surface area contributed by atoms with Crippen molar-refractivity contribution in [3.05, 3.63) is 53.9 Å². The Morgan fingerprint density at radius 1 is 1.04 bits per heavy atom. The lowest BCUT2D eigenvalue weighted by Gasteiger charge is -2.32. The molecule has 0 atom stereocenters. The highest BCUT2D eigenvalue weighted by Crippen LogP contribution is 2.30. The number of aromatic nitrogens is 1. The quantitative estimate of drug-likeness (QED) is 0.831. The minimum atomic E-state index is -4.39. The normalized spacial score (nSPS) is 14.8. The third-order valence-electron chi connectivity index (χ3n) is 4.24. The maximum absolute atomic E-state index is 12.6. The number of amides is 2. The molecule has 2 heterocycles. The predicted octanol–water partition coefficient (Wildman–Crippen LogP) is 2.76. The van der Waals surface area contributed by atoms with E-state index in [2.05, 4.69) is 10.3 Å². The van der Waals surface area contributed by atoms with Crippen LogP contribution in [0.3, 0.4) is 0 Å². The van der Waals surface area contributed by atoms with Gasteiger partial charge >= 0.3 is 6.18 Å². The molecular weight excluding hydrogens is 361 g/mol. The zero-order valence-corrected chi connectivity index (χ0v) is 14.2. The predicted molar refractivity (Wildman–Crippen MR) is 92.5 cm³/mol. The molecule has 0 aliphatic carbocycles. The number of pyridine rings is 1. The molecule has 1 aromatic heterocycles. The maximum Gasteiger partial charge on any atom is 0.416 e. The fourth-order valence-electron chi connectivity index (χ4n) is 2.75. The number of carbonyl (C=O) groups excluding carboxylic acids is 2. The summed E-state index contributed by atoms with van der Waals surface area (Å²) in [7, 11) is 0. The molecule has 1 saturated heterocycles. The average Bonchev–Trinajstić information content (AvgIpc) is 2.67. The molecule has 0 saturated carbocycles. The summed E-state index contributed by atoms with van der Waals surface area (Å²) in [5.74, 6) is -0.205. The SMILES string of the molecule is O=CN1CCN(C(=O)c2cncc(Nc3ccc(C(F)(F)F)cc3)c2)CC1. The van der Waals surface area contributed by atoms with Crippen LogP contribution in [0.2, 0.25) is 0 Å². The third-order valence-corrected chi connectivity index (χ3v) is 4.24. The summed E-state index contributed by atoms with van der Waals surface area (Å²) < 4.78 is 37.9. The first-order valence-electron chi connectivity index (χ1n) is 8.25. The number of piperazine rings is 1. The zero-order chi connectivity index (χ0) is 19.4. The Morgan fingerprint density at radius 2 is 1.70 bits per heavy atom. The van der Waals surface area contributed by atoms with Crippen molar-refractivity contribution in [2.24, 2.45) is 0 Å². The Kier molecular flexibility index (Phi) is 5.29. The molecule has 2 amide bonds. The molecule has 0 spiro atoms. The molecule has 142 valence electrons. The van der Waals surface area contributed by atoms with Crippen molar-refractivity contribution in [1.29, 1.82) is 0 Å². The molecule has 3 rings (SSSR count). The smallest absolute Gasteiger partial charge is 0.354 e. The van der Waals surface area contributed by atoms with Gasteiger partial charge in [-0.2, -0.15) is 13.2 Å². The van der Waals surface area contributed by atoms with Crippen LogP contribution in [0.5, 0.6) is 0 Å². The first kappa shape index (κ1) is 18.7. The van der Waals surface area contributed by atoms with Crippen LogP contribution in [0.15, 0.2) is 42.7 Å². The second kappa shape index (κ2) is 7.65. The summed E-state index contributed by atoms with van der Waals surface area (Å²) in [5, 5.41) is 2.94. The van der Waals surface area contributed by atoms with Crippen LogP contribution in [0.1, 0.15) is 15.9 Å². The van der Waals surface area contributed by atoms with Gasteiger partial charge in [-0.3, -0.25) is 14.6 Å². The summed E-state index contributed by atoms with van der Waals surface area (Å²) >= 11 is 0. The van der Waals surface area contributed by atoms with E-state index in [9.17, 15) is 22.8 Å². The van der Waals surface area contributed by atoms with Gasteiger partial charge in [0.15, 0.2) is 0 Å². The van der Waals surface area contributed by atoms with Crippen LogP contribution >= 0.6 is 0 Å². The number of anilines is 2. The van der Waals surface area contributed by atoms with Gasteiger partial charge in [0.2, 0.25) is 6.41 Å².